The number of hydrogen-bond acceptors (Lipinski definition) is 8. The van der Waals surface area contributed by atoms with E-state index >= 15 is 0 Å². The molecule has 0 bridgehead atoms. The van der Waals surface area contributed by atoms with Gasteiger partial charge in [-0.3, -0.25) is 15.5 Å². The van der Waals surface area contributed by atoms with Crippen LogP contribution in [-0.4, -0.2) is 28.8 Å². The van der Waals surface area contributed by atoms with Gasteiger partial charge in [-0.1, -0.05) is 12.1 Å². The van der Waals surface area contributed by atoms with E-state index in [0.717, 1.165) is 5.56 Å². The first-order valence-electron chi connectivity index (χ1n) is 9.39. The lowest BCUT2D eigenvalue weighted by Gasteiger charge is -2.14. The summed E-state index contributed by atoms with van der Waals surface area (Å²) in [5.41, 5.74) is 5.09. The zero-order valence-corrected chi connectivity index (χ0v) is 17.7. The fourth-order valence-electron chi connectivity index (χ4n) is 2.62. The molecule has 0 aliphatic rings. The molecule has 3 aromatic rings. The van der Waals surface area contributed by atoms with Crippen molar-refractivity contribution in [2.24, 2.45) is 5.10 Å². The molecule has 1 heterocycles. The highest BCUT2D eigenvalue weighted by atomic mass is 32.1. The van der Waals surface area contributed by atoms with E-state index in [2.05, 4.69) is 15.5 Å². The van der Waals surface area contributed by atoms with Gasteiger partial charge in [0.05, 0.1) is 29.5 Å². The van der Waals surface area contributed by atoms with Crippen molar-refractivity contribution in [1.29, 1.82) is 0 Å². The van der Waals surface area contributed by atoms with Crippen LogP contribution < -0.4 is 14.9 Å². The Morgan fingerprint density at radius 2 is 2.10 bits per heavy atom. The SMILES string of the molecule is CCOc1cc(/C=N/Nc2nc(-c3cccc([N+](=O)[O-])c3)cs2)ccc1OC(C)C. The van der Waals surface area contributed by atoms with Crippen LogP contribution in [0.5, 0.6) is 11.5 Å². The molecular weight excluding hydrogens is 404 g/mol. The highest BCUT2D eigenvalue weighted by molar-refractivity contribution is 7.14. The van der Waals surface area contributed by atoms with Gasteiger partial charge in [0.25, 0.3) is 5.69 Å². The van der Waals surface area contributed by atoms with Crippen molar-refractivity contribution in [3.63, 3.8) is 0 Å². The van der Waals surface area contributed by atoms with E-state index in [-0.39, 0.29) is 11.8 Å². The van der Waals surface area contributed by atoms with Crippen molar-refractivity contribution in [2.75, 3.05) is 12.0 Å². The van der Waals surface area contributed by atoms with E-state index < -0.39 is 4.92 Å². The van der Waals surface area contributed by atoms with Crippen LogP contribution in [0, 0.1) is 10.1 Å². The van der Waals surface area contributed by atoms with Gasteiger partial charge < -0.3 is 9.47 Å². The predicted molar refractivity (Wildman–Crippen MR) is 119 cm³/mol. The maximum absolute atomic E-state index is 10.9. The number of thiazole rings is 1. The minimum Gasteiger partial charge on any atom is -0.490 e. The Balaban J connectivity index is 1.69. The number of benzene rings is 2. The summed E-state index contributed by atoms with van der Waals surface area (Å²) in [6.45, 7) is 6.38. The molecule has 9 heteroatoms. The fraction of sp³-hybridized carbons (Fsp3) is 0.238. The first-order valence-corrected chi connectivity index (χ1v) is 10.3. The summed E-state index contributed by atoms with van der Waals surface area (Å²) in [4.78, 5) is 15.0. The number of hydrazone groups is 1. The van der Waals surface area contributed by atoms with E-state index in [1.165, 1.54) is 23.5 Å². The smallest absolute Gasteiger partial charge is 0.270 e. The molecule has 0 atom stereocenters. The van der Waals surface area contributed by atoms with Gasteiger partial charge in [-0.05, 0) is 44.5 Å². The molecule has 0 saturated heterocycles. The van der Waals surface area contributed by atoms with Gasteiger partial charge in [0.15, 0.2) is 11.5 Å². The summed E-state index contributed by atoms with van der Waals surface area (Å²) in [7, 11) is 0. The van der Waals surface area contributed by atoms with Crippen LogP contribution in [-0.2, 0) is 0 Å². The minimum atomic E-state index is -0.423. The van der Waals surface area contributed by atoms with Crippen LogP contribution in [0.1, 0.15) is 26.3 Å². The standard InChI is InChI=1S/C21H22N4O4S/c1-4-28-20-10-15(8-9-19(20)29-14(2)3)12-22-24-21-23-18(13-30-21)16-6-5-7-17(11-16)25(26)27/h5-14H,4H2,1-3H3,(H,23,24)/b22-12+. The first kappa shape index (κ1) is 21.3. The van der Waals surface area contributed by atoms with Crippen molar-refractivity contribution < 1.29 is 14.4 Å². The Bertz CT molecular complexity index is 1050. The highest BCUT2D eigenvalue weighted by Crippen LogP contribution is 2.29. The van der Waals surface area contributed by atoms with E-state index in [4.69, 9.17) is 9.47 Å². The summed E-state index contributed by atoms with van der Waals surface area (Å²) >= 11 is 1.36. The summed E-state index contributed by atoms with van der Waals surface area (Å²) in [5, 5.41) is 17.6. The molecule has 156 valence electrons. The average Bonchev–Trinajstić information content (AvgIpc) is 3.19. The van der Waals surface area contributed by atoms with Gasteiger partial charge in [0.2, 0.25) is 5.13 Å². The number of nitro benzene ring substituents is 1. The molecule has 3 rings (SSSR count). The topological polar surface area (TPSA) is 98.9 Å². The average molecular weight is 426 g/mol. The monoisotopic (exact) mass is 426 g/mol. The Labute approximate surface area is 178 Å². The van der Waals surface area contributed by atoms with Crippen LogP contribution in [0.25, 0.3) is 11.3 Å². The van der Waals surface area contributed by atoms with Crippen LogP contribution in [0.4, 0.5) is 10.8 Å². The third-order valence-corrected chi connectivity index (χ3v) is 4.61. The largest absolute Gasteiger partial charge is 0.490 e. The van der Waals surface area contributed by atoms with Gasteiger partial charge in [-0.2, -0.15) is 5.10 Å². The van der Waals surface area contributed by atoms with Crippen LogP contribution in [0.3, 0.4) is 0 Å². The number of nitrogens with one attached hydrogen (secondary N) is 1. The molecular formula is C21H22N4O4S. The molecule has 0 unspecified atom stereocenters. The van der Waals surface area contributed by atoms with Gasteiger partial charge >= 0.3 is 0 Å². The zero-order chi connectivity index (χ0) is 21.5. The molecule has 8 nitrogen and oxygen atoms in total. The molecule has 0 fully saturated rings. The van der Waals surface area contributed by atoms with E-state index in [1.54, 1.807) is 18.3 Å². The number of nitro groups is 1. The van der Waals surface area contributed by atoms with Crippen molar-refractivity contribution in [1.82, 2.24) is 4.98 Å². The number of anilines is 1. The molecule has 0 radical (unpaired) electrons. The maximum Gasteiger partial charge on any atom is 0.270 e. The Kier molecular flexibility index (Phi) is 6.97. The lowest BCUT2D eigenvalue weighted by atomic mass is 10.1. The second kappa shape index (κ2) is 9.84. The number of aromatic nitrogens is 1. The normalized spacial score (nSPS) is 11.1. The molecule has 30 heavy (non-hydrogen) atoms. The number of ether oxygens (including phenoxy) is 2. The molecule has 0 amide bonds. The Hall–Kier alpha value is -3.46. The number of non-ortho nitro benzene ring substituents is 1. The quantitative estimate of drug-likeness (QED) is 0.281. The summed E-state index contributed by atoms with van der Waals surface area (Å²) in [6, 6.07) is 12.0. The number of rotatable bonds is 9. The van der Waals surface area contributed by atoms with Crippen molar-refractivity contribution in [2.45, 2.75) is 26.9 Å². The van der Waals surface area contributed by atoms with Gasteiger partial charge in [-0.25, -0.2) is 4.98 Å². The zero-order valence-electron chi connectivity index (χ0n) is 16.9. The lowest BCUT2D eigenvalue weighted by Crippen LogP contribution is -2.07. The van der Waals surface area contributed by atoms with Gasteiger partial charge in [0, 0.05) is 23.1 Å². The van der Waals surface area contributed by atoms with Crippen LogP contribution in [0.15, 0.2) is 52.9 Å². The van der Waals surface area contributed by atoms with Crippen molar-refractivity contribution >= 4 is 28.4 Å². The summed E-state index contributed by atoms with van der Waals surface area (Å²) in [6.07, 6.45) is 1.71. The fourth-order valence-corrected chi connectivity index (χ4v) is 3.29. The third-order valence-electron chi connectivity index (χ3n) is 3.86. The maximum atomic E-state index is 10.9. The summed E-state index contributed by atoms with van der Waals surface area (Å²) in [5.74, 6) is 1.36. The third kappa shape index (κ3) is 5.54. The summed E-state index contributed by atoms with van der Waals surface area (Å²) < 4.78 is 11.4. The molecule has 2 aromatic carbocycles. The molecule has 0 spiro atoms. The lowest BCUT2D eigenvalue weighted by molar-refractivity contribution is -0.384. The van der Waals surface area contributed by atoms with Crippen LogP contribution >= 0.6 is 11.3 Å². The van der Waals surface area contributed by atoms with Gasteiger partial charge in [0.1, 0.15) is 0 Å². The second-order valence-electron chi connectivity index (χ2n) is 6.52. The highest BCUT2D eigenvalue weighted by Gasteiger charge is 2.10. The minimum absolute atomic E-state index is 0.0306. The Morgan fingerprint density at radius 1 is 1.27 bits per heavy atom. The predicted octanol–water partition coefficient (Wildman–Crippen LogP) is 5.35. The van der Waals surface area contributed by atoms with Gasteiger partial charge in [-0.15, -0.1) is 11.3 Å². The molecule has 1 aromatic heterocycles. The molecule has 1 N–H and O–H groups in total. The molecule has 0 aliphatic heterocycles. The Morgan fingerprint density at radius 3 is 2.83 bits per heavy atom. The van der Waals surface area contributed by atoms with Crippen LogP contribution in [0.2, 0.25) is 0 Å². The molecule has 0 aliphatic carbocycles. The number of nitrogens with zero attached hydrogens (tertiary/aromatic N) is 3. The van der Waals surface area contributed by atoms with Crippen molar-refractivity contribution in [3.8, 4) is 22.8 Å². The van der Waals surface area contributed by atoms with E-state index in [0.29, 0.717) is 34.5 Å². The number of hydrogen-bond donors (Lipinski definition) is 1. The van der Waals surface area contributed by atoms with E-state index in [1.807, 2.05) is 44.4 Å². The second-order valence-corrected chi connectivity index (χ2v) is 7.38. The first-order chi connectivity index (χ1) is 14.5. The van der Waals surface area contributed by atoms with E-state index in [9.17, 15) is 10.1 Å². The van der Waals surface area contributed by atoms with Crippen molar-refractivity contribution in [3.05, 3.63) is 63.5 Å². The molecule has 0 saturated carbocycles.